The van der Waals surface area contributed by atoms with Gasteiger partial charge in [0.15, 0.2) is 0 Å². The second-order valence-corrected chi connectivity index (χ2v) is 6.37. The molecule has 0 heterocycles. The van der Waals surface area contributed by atoms with Gasteiger partial charge in [0.05, 0.1) is 18.2 Å². The number of nitrogens with one attached hydrogen (secondary N) is 2. The van der Waals surface area contributed by atoms with E-state index in [-0.39, 0.29) is 19.4 Å². The topological polar surface area (TPSA) is 76.7 Å². The average Bonchev–Trinajstić information content (AvgIpc) is 2.63. The highest BCUT2D eigenvalue weighted by Gasteiger charge is 2.42. The van der Waals surface area contributed by atoms with Crippen molar-refractivity contribution in [1.82, 2.24) is 5.32 Å². The van der Waals surface area contributed by atoms with Crippen LogP contribution in [0.15, 0.2) is 24.3 Å². The van der Waals surface area contributed by atoms with E-state index in [1.54, 1.807) is 24.3 Å². The van der Waals surface area contributed by atoms with E-state index in [0.29, 0.717) is 30.9 Å². The second kappa shape index (κ2) is 9.59. The zero-order valence-corrected chi connectivity index (χ0v) is 15.0. The first kappa shape index (κ1) is 21.0. The minimum Gasteiger partial charge on any atom is -0.489 e. The van der Waals surface area contributed by atoms with Gasteiger partial charge in [-0.3, -0.25) is 9.59 Å². The molecule has 0 radical (unpaired) electrons. The average molecular weight is 388 g/mol. The smallest absolute Gasteiger partial charge is 0.391 e. The van der Waals surface area contributed by atoms with E-state index in [2.05, 4.69) is 10.6 Å². The van der Waals surface area contributed by atoms with Gasteiger partial charge in [0.2, 0.25) is 0 Å². The van der Waals surface area contributed by atoms with Crippen LogP contribution < -0.4 is 15.4 Å². The number of para-hydroxylation sites is 2. The normalized spacial score (nSPS) is 20.0. The number of hydrogen-bond donors (Lipinski definition) is 2. The monoisotopic (exact) mass is 388 g/mol. The van der Waals surface area contributed by atoms with E-state index in [1.807, 2.05) is 0 Å². The molecule has 2 unspecified atom stereocenters. The summed E-state index contributed by atoms with van der Waals surface area (Å²) >= 11 is 0. The van der Waals surface area contributed by atoms with Crippen molar-refractivity contribution < 1.29 is 32.2 Å². The molecule has 0 saturated heterocycles. The van der Waals surface area contributed by atoms with E-state index >= 15 is 0 Å². The molecule has 1 saturated carbocycles. The Morgan fingerprint density at radius 3 is 2.59 bits per heavy atom. The summed E-state index contributed by atoms with van der Waals surface area (Å²) in [6.07, 6.45) is -3.67. The summed E-state index contributed by atoms with van der Waals surface area (Å²) in [4.78, 5) is 24.2. The molecule has 1 aromatic rings. The maximum absolute atomic E-state index is 12.9. The molecule has 1 aliphatic carbocycles. The Morgan fingerprint density at radius 2 is 1.89 bits per heavy atom. The predicted octanol–water partition coefficient (Wildman–Crippen LogP) is 2.89. The highest BCUT2D eigenvalue weighted by molar-refractivity contribution is 6.39. The molecule has 0 spiro atoms. The molecule has 1 fully saturated rings. The standard InChI is InChI=1S/C18H23F3N2O4/c1-26-9-10-27-15-8-3-2-7-14(15)23-17(25)16(24)22-13-6-4-5-12(11-13)18(19,20)21/h2-3,7-8,12-13H,4-6,9-11H2,1H3,(H,22,24)(H,23,25). The molecule has 9 heteroatoms. The third-order valence-corrected chi connectivity index (χ3v) is 4.36. The van der Waals surface area contributed by atoms with Crippen LogP contribution in [0, 0.1) is 5.92 Å². The van der Waals surface area contributed by atoms with Crippen molar-refractivity contribution in [3.05, 3.63) is 24.3 Å². The lowest BCUT2D eigenvalue weighted by molar-refractivity contribution is -0.184. The number of alkyl halides is 3. The van der Waals surface area contributed by atoms with Crippen molar-refractivity contribution in [2.24, 2.45) is 5.92 Å². The van der Waals surface area contributed by atoms with E-state index in [0.717, 1.165) is 0 Å². The minimum absolute atomic E-state index is 0.0499. The van der Waals surface area contributed by atoms with Crippen LogP contribution in [0.4, 0.5) is 18.9 Å². The largest absolute Gasteiger partial charge is 0.489 e. The number of anilines is 1. The first-order chi connectivity index (χ1) is 12.8. The Bertz CT molecular complexity index is 652. The molecule has 27 heavy (non-hydrogen) atoms. The van der Waals surface area contributed by atoms with Crippen LogP contribution in [0.5, 0.6) is 5.75 Å². The molecular formula is C18H23F3N2O4. The van der Waals surface area contributed by atoms with Crippen LogP contribution in [0.2, 0.25) is 0 Å². The maximum atomic E-state index is 12.9. The summed E-state index contributed by atoms with van der Waals surface area (Å²) in [7, 11) is 1.52. The fourth-order valence-electron chi connectivity index (χ4n) is 2.98. The molecule has 1 aromatic carbocycles. The maximum Gasteiger partial charge on any atom is 0.391 e. The number of carbonyl (C=O) groups excluding carboxylic acids is 2. The Kier molecular flexibility index (Phi) is 7.46. The van der Waals surface area contributed by atoms with Crippen LogP contribution in [-0.4, -0.2) is 44.4 Å². The van der Waals surface area contributed by atoms with Crippen LogP contribution >= 0.6 is 0 Å². The van der Waals surface area contributed by atoms with Gasteiger partial charge in [0, 0.05) is 13.2 Å². The molecule has 2 rings (SSSR count). The van der Waals surface area contributed by atoms with Crippen LogP contribution in [-0.2, 0) is 14.3 Å². The van der Waals surface area contributed by atoms with Crippen molar-refractivity contribution in [3.63, 3.8) is 0 Å². The van der Waals surface area contributed by atoms with Crippen molar-refractivity contribution in [1.29, 1.82) is 0 Å². The summed E-state index contributed by atoms with van der Waals surface area (Å²) in [5.41, 5.74) is 0.297. The van der Waals surface area contributed by atoms with Gasteiger partial charge in [-0.15, -0.1) is 0 Å². The zero-order chi connectivity index (χ0) is 19.9. The lowest BCUT2D eigenvalue weighted by Crippen LogP contribution is -2.45. The molecule has 2 atom stereocenters. The van der Waals surface area contributed by atoms with Crippen molar-refractivity contribution in [2.75, 3.05) is 25.6 Å². The number of methoxy groups -OCH3 is 1. The molecule has 6 nitrogen and oxygen atoms in total. The van der Waals surface area contributed by atoms with Crippen molar-refractivity contribution >= 4 is 17.5 Å². The second-order valence-electron chi connectivity index (χ2n) is 6.37. The molecule has 1 aliphatic rings. The Hall–Kier alpha value is -2.29. The van der Waals surface area contributed by atoms with Crippen molar-refractivity contribution in [2.45, 2.75) is 37.9 Å². The number of ether oxygens (including phenoxy) is 2. The van der Waals surface area contributed by atoms with Gasteiger partial charge in [-0.2, -0.15) is 13.2 Å². The SMILES string of the molecule is COCCOc1ccccc1NC(=O)C(=O)NC1CCCC(C(F)(F)F)C1. The Morgan fingerprint density at radius 1 is 1.15 bits per heavy atom. The Balaban J connectivity index is 1.91. The van der Waals surface area contributed by atoms with Crippen molar-refractivity contribution in [3.8, 4) is 5.75 Å². The molecule has 2 amide bonds. The van der Waals surface area contributed by atoms with E-state index in [4.69, 9.17) is 9.47 Å². The van der Waals surface area contributed by atoms with Gasteiger partial charge < -0.3 is 20.1 Å². The van der Waals surface area contributed by atoms with Gasteiger partial charge in [0.25, 0.3) is 0 Å². The first-order valence-electron chi connectivity index (χ1n) is 8.70. The van der Waals surface area contributed by atoms with E-state index < -0.39 is 30.0 Å². The number of benzene rings is 1. The number of halogens is 3. The fourth-order valence-corrected chi connectivity index (χ4v) is 2.98. The molecule has 150 valence electrons. The molecule has 0 aromatic heterocycles. The molecular weight excluding hydrogens is 365 g/mol. The van der Waals surface area contributed by atoms with Gasteiger partial charge >= 0.3 is 18.0 Å². The third kappa shape index (κ3) is 6.42. The summed E-state index contributed by atoms with van der Waals surface area (Å²) in [5, 5.41) is 4.83. The number of amides is 2. The van der Waals surface area contributed by atoms with Crippen LogP contribution in [0.1, 0.15) is 25.7 Å². The minimum atomic E-state index is -4.29. The molecule has 2 N–H and O–H groups in total. The summed E-state index contributed by atoms with van der Waals surface area (Å²) in [5.74, 6) is -3.00. The Labute approximate surface area is 155 Å². The predicted molar refractivity (Wildman–Crippen MR) is 92.4 cm³/mol. The van der Waals surface area contributed by atoms with E-state index in [1.165, 1.54) is 7.11 Å². The highest BCUT2D eigenvalue weighted by Crippen LogP contribution is 2.37. The van der Waals surface area contributed by atoms with Gasteiger partial charge in [-0.1, -0.05) is 18.6 Å². The van der Waals surface area contributed by atoms with Crippen LogP contribution in [0.25, 0.3) is 0 Å². The van der Waals surface area contributed by atoms with Gasteiger partial charge in [-0.05, 0) is 31.4 Å². The quantitative estimate of drug-likeness (QED) is 0.580. The number of rotatable bonds is 6. The summed E-state index contributed by atoms with van der Waals surface area (Å²) in [6, 6.07) is 5.88. The fraction of sp³-hybridized carbons (Fsp3) is 0.556. The summed E-state index contributed by atoms with van der Waals surface area (Å²) in [6.45, 7) is 0.612. The molecule has 0 aliphatic heterocycles. The lowest BCUT2D eigenvalue weighted by Gasteiger charge is -2.30. The number of hydrogen-bond acceptors (Lipinski definition) is 4. The zero-order valence-electron chi connectivity index (χ0n) is 15.0. The molecule has 0 bridgehead atoms. The van der Waals surface area contributed by atoms with Gasteiger partial charge in [-0.25, -0.2) is 0 Å². The van der Waals surface area contributed by atoms with Gasteiger partial charge in [0.1, 0.15) is 12.4 Å². The highest BCUT2D eigenvalue weighted by atomic mass is 19.4. The van der Waals surface area contributed by atoms with Crippen LogP contribution in [0.3, 0.4) is 0 Å². The first-order valence-corrected chi connectivity index (χ1v) is 8.70. The lowest BCUT2D eigenvalue weighted by atomic mass is 9.85. The summed E-state index contributed by atoms with van der Waals surface area (Å²) < 4.78 is 48.9. The third-order valence-electron chi connectivity index (χ3n) is 4.36. The van der Waals surface area contributed by atoms with E-state index in [9.17, 15) is 22.8 Å². The number of carbonyl (C=O) groups is 2.